The van der Waals surface area contributed by atoms with Crippen LogP contribution in [0, 0.1) is 19.8 Å². The van der Waals surface area contributed by atoms with Crippen LogP contribution in [0.1, 0.15) is 48.4 Å². The van der Waals surface area contributed by atoms with Crippen molar-refractivity contribution in [2.75, 3.05) is 0 Å². The van der Waals surface area contributed by atoms with Gasteiger partial charge in [0.2, 0.25) is 0 Å². The van der Waals surface area contributed by atoms with E-state index < -0.39 is 5.60 Å². The third kappa shape index (κ3) is 3.15. The predicted octanol–water partition coefficient (Wildman–Crippen LogP) is 3.95. The number of aromatic nitrogens is 4. The first-order valence-electron chi connectivity index (χ1n) is 10.3. The molecular formula is C23H24N4O3. The molecule has 154 valence electrons. The maximum absolute atomic E-state index is 12.2. The summed E-state index contributed by atoms with van der Waals surface area (Å²) in [7, 11) is 0. The van der Waals surface area contributed by atoms with Gasteiger partial charge < -0.3 is 19.6 Å². The minimum absolute atomic E-state index is 0.312. The molecule has 4 aromatic rings. The second-order valence-corrected chi connectivity index (χ2v) is 8.28. The minimum Gasteiger partial charge on any atom is -0.379 e. The van der Waals surface area contributed by atoms with Crippen LogP contribution in [0.2, 0.25) is 0 Å². The van der Waals surface area contributed by atoms with E-state index in [0.717, 1.165) is 23.2 Å². The third-order valence-electron chi connectivity index (χ3n) is 6.09. The van der Waals surface area contributed by atoms with E-state index in [4.69, 9.17) is 4.52 Å². The zero-order valence-corrected chi connectivity index (χ0v) is 17.0. The Morgan fingerprint density at radius 1 is 1.23 bits per heavy atom. The van der Waals surface area contributed by atoms with Crippen molar-refractivity contribution in [1.29, 1.82) is 0 Å². The number of hydrogen-bond donors (Lipinski definition) is 3. The molecule has 1 atom stereocenters. The van der Waals surface area contributed by atoms with Gasteiger partial charge in [0.25, 0.3) is 0 Å². The monoisotopic (exact) mass is 404 g/mol. The van der Waals surface area contributed by atoms with Gasteiger partial charge in [-0.1, -0.05) is 24.1 Å². The Morgan fingerprint density at radius 3 is 2.73 bits per heavy atom. The number of nitrogens with zero attached hydrogens (tertiary/aromatic N) is 2. The number of aliphatic hydroxyl groups is 1. The molecule has 0 radical (unpaired) electrons. The molecule has 1 aliphatic rings. The Hall–Kier alpha value is -3.19. The fourth-order valence-electron chi connectivity index (χ4n) is 4.34. The minimum atomic E-state index is -1.33. The van der Waals surface area contributed by atoms with Gasteiger partial charge in [0.1, 0.15) is 11.4 Å². The lowest BCUT2D eigenvalue weighted by Gasteiger charge is -2.29. The number of hydrogen-bond acceptors (Lipinski definition) is 5. The topological polar surface area (TPSA) is 108 Å². The van der Waals surface area contributed by atoms with E-state index in [9.17, 15) is 9.90 Å². The first-order chi connectivity index (χ1) is 14.5. The Morgan fingerprint density at radius 2 is 2.07 bits per heavy atom. The molecule has 1 aromatic carbocycles. The van der Waals surface area contributed by atoms with Crippen LogP contribution in [0.3, 0.4) is 0 Å². The molecule has 0 saturated heterocycles. The molecule has 0 bridgehead atoms. The average Bonchev–Trinajstić information content (AvgIpc) is 3.41. The highest BCUT2D eigenvalue weighted by atomic mass is 16.5. The normalized spacial score (nSPS) is 16.1. The number of H-pyrrole nitrogens is 2. The number of fused-ring (bicyclic) bond motifs is 1. The van der Waals surface area contributed by atoms with Crippen molar-refractivity contribution >= 4 is 11.0 Å². The number of benzene rings is 1. The average molecular weight is 404 g/mol. The van der Waals surface area contributed by atoms with Gasteiger partial charge in [-0.3, -0.25) is 4.98 Å². The number of aromatic amines is 2. The van der Waals surface area contributed by atoms with E-state index in [1.807, 2.05) is 44.2 Å². The molecule has 7 heteroatoms. The Balaban J connectivity index is 1.76. The van der Waals surface area contributed by atoms with E-state index >= 15 is 0 Å². The van der Waals surface area contributed by atoms with E-state index in [0.29, 0.717) is 40.4 Å². The summed E-state index contributed by atoms with van der Waals surface area (Å²) in [5.74, 6) is 1.33. The van der Waals surface area contributed by atoms with Gasteiger partial charge >= 0.3 is 5.69 Å². The lowest BCUT2D eigenvalue weighted by Crippen LogP contribution is -2.29. The molecular weight excluding hydrogens is 380 g/mol. The third-order valence-corrected chi connectivity index (χ3v) is 6.09. The summed E-state index contributed by atoms with van der Waals surface area (Å²) in [4.78, 5) is 22.4. The van der Waals surface area contributed by atoms with Crippen molar-refractivity contribution in [3.8, 4) is 11.1 Å². The number of pyridine rings is 1. The van der Waals surface area contributed by atoms with Gasteiger partial charge in [0, 0.05) is 17.3 Å². The SMILES string of the molecule is Cc1noc(C)c1-c1cc(C(O)(CCC2CC2)c2ccccn2)c2[nH]c(=O)[nH]c2c1. The molecule has 0 spiro atoms. The molecule has 1 saturated carbocycles. The van der Waals surface area contributed by atoms with Crippen molar-refractivity contribution in [3.05, 3.63) is 69.7 Å². The molecule has 5 rings (SSSR count). The van der Waals surface area contributed by atoms with Gasteiger partial charge in [-0.15, -0.1) is 0 Å². The Bertz CT molecular complexity index is 1250. The van der Waals surface area contributed by atoms with Crippen LogP contribution in [-0.4, -0.2) is 25.2 Å². The second-order valence-electron chi connectivity index (χ2n) is 8.28. The number of imidazole rings is 1. The molecule has 0 amide bonds. The molecule has 1 aliphatic carbocycles. The standard InChI is InChI=1S/C23H24N4O3/c1-13-20(14(2)30-27-13)16-11-17(21-18(12-16)25-22(28)26-21)23(29,9-8-15-6-7-15)19-5-3-4-10-24-19/h3-5,10-12,15,29H,6-9H2,1-2H3,(H2,25,26,28). The van der Waals surface area contributed by atoms with Crippen LogP contribution >= 0.6 is 0 Å². The fourth-order valence-corrected chi connectivity index (χ4v) is 4.34. The summed E-state index contributed by atoms with van der Waals surface area (Å²) in [5, 5.41) is 16.1. The van der Waals surface area contributed by atoms with Gasteiger partial charge in [0.05, 0.1) is 22.4 Å². The fraction of sp³-hybridized carbons (Fsp3) is 0.348. The summed E-state index contributed by atoms with van der Waals surface area (Å²) in [6.45, 7) is 3.74. The van der Waals surface area contributed by atoms with Crippen LogP contribution in [0.15, 0.2) is 45.8 Å². The van der Waals surface area contributed by atoms with Crippen LogP contribution in [0.4, 0.5) is 0 Å². The first-order valence-corrected chi connectivity index (χ1v) is 10.3. The molecule has 3 aromatic heterocycles. The Kier molecular flexibility index (Phi) is 4.36. The number of nitrogens with one attached hydrogen (secondary N) is 2. The number of aryl methyl sites for hydroxylation is 2. The smallest absolute Gasteiger partial charge is 0.323 e. The quantitative estimate of drug-likeness (QED) is 0.451. The van der Waals surface area contributed by atoms with E-state index in [1.165, 1.54) is 12.8 Å². The maximum Gasteiger partial charge on any atom is 0.323 e. The predicted molar refractivity (Wildman–Crippen MR) is 113 cm³/mol. The highest BCUT2D eigenvalue weighted by molar-refractivity contribution is 5.86. The zero-order valence-electron chi connectivity index (χ0n) is 17.0. The molecule has 3 N–H and O–H groups in total. The van der Waals surface area contributed by atoms with Crippen molar-refractivity contribution < 1.29 is 9.63 Å². The summed E-state index contributed by atoms with van der Waals surface area (Å²) >= 11 is 0. The molecule has 7 nitrogen and oxygen atoms in total. The highest BCUT2D eigenvalue weighted by Crippen LogP contribution is 2.43. The van der Waals surface area contributed by atoms with Crippen LogP contribution in [0.25, 0.3) is 22.2 Å². The lowest BCUT2D eigenvalue weighted by molar-refractivity contribution is 0.0638. The summed E-state index contributed by atoms with van der Waals surface area (Å²) in [5.41, 5.74) is 3.26. The Labute approximate surface area is 173 Å². The van der Waals surface area contributed by atoms with Crippen molar-refractivity contribution in [2.24, 2.45) is 5.92 Å². The summed E-state index contributed by atoms with van der Waals surface area (Å²) in [6, 6.07) is 9.37. The van der Waals surface area contributed by atoms with E-state index in [-0.39, 0.29) is 5.69 Å². The zero-order chi connectivity index (χ0) is 20.9. The van der Waals surface area contributed by atoms with Crippen LogP contribution in [0.5, 0.6) is 0 Å². The maximum atomic E-state index is 12.2. The van der Waals surface area contributed by atoms with E-state index in [1.54, 1.807) is 6.20 Å². The molecule has 1 unspecified atom stereocenters. The van der Waals surface area contributed by atoms with Gasteiger partial charge in [0.15, 0.2) is 0 Å². The largest absolute Gasteiger partial charge is 0.379 e. The van der Waals surface area contributed by atoms with Crippen molar-refractivity contribution in [3.63, 3.8) is 0 Å². The first kappa shape index (κ1) is 18.8. The molecule has 30 heavy (non-hydrogen) atoms. The van der Waals surface area contributed by atoms with Crippen molar-refractivity contribution in [2.45, 2.75) is 45.1 Å². The van der Waals surface area contributed by atoms with E-state index in [2.05, 4.69) is 20.1 Å². The van der Waals surface area contributed by atoms with Gasteiger partial charge in [-0.2, -0.15) is 0 Å². The summed E-state index contributed by atoms with van der Waals surface area (Å²) in [6.07, 6.45) is 5.52. The summed E-state index contributed by atoms with van der Waals surface area (Å²) < 4.78 is 5.36. The highest BCUT2D eigenvalue weighted by Gasteiger charge is 2.37. The van der Waals surface area contributed by atoms with Gasteiger partial charge in [-0.25, -0.2) is 4.79 Å². The van der Waals surface area contributed by atoms with Crippen molar-refractivity contribution in [1.82, 2.24) is 20.1 Å². The van der Waals surface area contributed by atoms with Gasteiger partial charge in [-0.05, 0) is 62.4 Å². The molecule has 0 aliphatic heterocycles. The molecule has 1 fully saturated rings. The molecule has 3 heterocycles. The lowest BCUT2D eigenvalue weighted by atomic mass is 9.82. The van der Waals surface area contributed by atoms with Crippen LogP contribution in [-0.2, 0) is 5.60 Å². The second kappa shape index (κ2) is 6.95. The van der Waals surface area contributed by atoms with Crippen LogP contribution < -0.4 is 5.69 Å². The number of rotatable bonds is 6.